The first kappa shape index (κ1) is 18.7. The molecule has 150 valence electrons. The molecule has 1 aromatic heterocycles. The van der Waals surface area contributed by atoms with E-state index in [-0.39, 0.29) is 18.6 Å². The molecule has 1 saturated heterocycles. The Kier molecular flexibility index (Phi) is 5.45. The van der Waals surface area contributed by atoms with E-state index < -0.39 is 0 Å². The number of ether oxygens (including phenoxy) is 2. The van der Waals surface area contributed by atoms with Crippen LogP contribution in [-0.2, 0) is 11.3 Å². The number of nitrogens with one attached hydrogen (secondary N) is 1. The Morgan fingerprint density at radius 3 is 2.64 bits per heavy atom. The van der Waals surface area contributed by atoms with E-state index in [0.717, 1.165) is 32.0 Å². The lowest BCUT2D eigenvalue weighted by atomic mass is 10.2. The van der Waals surface area contributed by atoms with E-state index in [1.54, 1.807) is 12.1 Å². The number of benzene rings is 1. The summed E-state index contributed by atoms with van der Waals surface area (Å²) in [5.74, 6) is 2.99. The second-order valence-corrected chi connectivity index (χ2v) is 7.37. The minimum atomic E-state index is -0.0363. The molecule has 1 N–H and O–H groups in total. The van der Waals surface area contributed by atoms with Crippen LogP contribution >= 0.6 is 0 Å². The Morgan fingerprint density at radius 2 is 1.89 bits per heavy atom. The van der Waals surface area contributed by atoms with Gasteiger partial charge in [0.15, 0.2) is 17.3 Å². The van der Waals surface area contributed by atoms with E-state index in [1.807, 2.05) is 19.9 Å². The standard InChI is InChI=1S/C19H25N5O4/c1-13(2)19-21-18(28-22-19)11-24-7-5-23(6-8-24)10-17(25)20-14-3-4-15-16(9-14)27-12-26-15/h3-4,9,13H,5-8,10-12H2,1-2H3,(H,20,25). The summed E-state index contributed by atoms with van der Waals surface area (Å²) in [7, 11) is 0. The Balaban J connectivity index is 1.22. The molecule has 4 rings (SSSR count). The fourth-order valence-electron chi connectivity index (χ4n) is 3.24. The molecule has 0 saturated carbocycles. The third-order valence-corrected chi connectivity index (χ3v) is 4.85. The molecule has 9 nitrogen and oxygen atoms in total. The van der Waals surface area contributed by atoms with Gasteiger partial charge in [0, 0.05) is 43.9 Å². The molecule has 9 heteroatoms. The van der Waals surface area contributed by atoms with Gasteiger partial charge in [-0.3, -0.25) is 14.6 Å². The summed E-state index contributed by atoms with van der Waals surface area (Å²) in [6, 6.07) is 5.41. The lowest BCUT2D eigenvalue weighted by Gasteiger charge is -2.33. The third kappa shape index (κ3) is 4.42. The maximum Gasteiger partial charge on any atom is 0.240 e. The number of carbonyl (C=O) groups excluding carboxylic acids is 1. The summed E-state index contributed by atoms with van der Waals surface area (Å²) in [5, 5.41) is 6.92. The number of carbonyl (C=O) groups is 1. The molecule has 2 aliphatic rings. The van der Waals surface area contributed by atoms with E-state index in [9.17, 15) is 4.79 Å². The first-order chi connectivity index (χ1) is 13.6. The van der Waals surface area contributed by atoms with Gasteiger partial charge in [-0.1, -0.05) is 19.0 Å². The van der Waals surface area contributed by atoms with E-state index in [1.165, 1.54) is 0 Å². The van der Waals surface area contributed by atoms with Crippen molar-refractivity contribution in [3.05, 3.63) is 29.9 Å². The Bertz CT molecular complexity index is 829. The highest BCUT2D eigenvalue weighted by Crippen LogP contribution is 2.34. The van der Waals surface area contributed by atoms with Gasteiger partial charge in [-0.2, -0.15) is 4.98 Å². The van der Waals surface area contributed by atoms with Gasteiger partial charge in [-0.25, -0.2) is 0 Å². The van der Waals surface area contributed by atoms with Crippen molar-refractivity contribution >= 4 is 11.6 Å². The van der Waals surface area contributed by atoms with Crippen molar-refractivity contribution in [2.45, 2.75) is 26.3 Å². The summed E-state index contributed by atoms with van der Waals surface area (Å²) >= 11 is 0. The van der Waals surface area contributed by atoms with Crippen LogP contribution < -0.4 is 14.8 Å². The maximum absolute atomic E-state index is 12.3. The van der Waals surface area contributed by atoms with Crippen LogP contribution in [0.25, 0.3) is 0 Å². The van der Waals surface area contributed by atoms with Crippen LogP contribution in [-0.4, -0.2) is 65.4 Å². The largest absolute Gasteiger partial charge is 0.454 e. The zero-order valence-electron chi connectivity index (χ0n) is 16.2. The monoisotopic (exact) mass is 387 g/mol. The first-order valence-corrected chi connectivity index (χ1v) is 9.53. The maximum atomic E-state index is 12.3. The molecule has 1 aromatic carbocycles. The van der Waals surface area contributed by atoms with Crippen LogP contribution in [0, 0.1) is 0 Å². The number of amides is 1. The van der Waals surface area contributed by atoms with Crippen LogP contribution in [0.2, 0.25) is 0 Å². The molecule has 0 atom stereocenters. The molecule has 0 aliphatic carbocycles. The molecule has 0 unspecified atom stereocenters. The van der Waals surface area contributed by atoms with Crippen molar-refractivity contribution < 1.29 is 18.8 Å². The van der Waals surface area contributed by atoms with Crippen LogP contribution in [0.3, 0.4) is 0 Å². The second kappa shape index (κ2) is 8.15. The van der Waals surface area contributed by atoms with Crippen molar-refractivity contribution in [3.8, 4) is 11.5 Å². The third-order valence-electron chi connectivity index (χ3n) is 4.85. The van der Waals surface area contributed by atoms with Crippen LogP contribution in [0.5, 0.6) is 11.5 Å². The molecule has 1 fully saturated rings. The highest BCUT2D eigenvalue weighted by Gasteiger charge is 2.21. The quantitative estimate of drug-likeness (QED) is 0.800. The second-order valence-electron chi connectivity index (χ2n) is 7.37. The normalized spacial score (nSPS) is 17.2. The zero-order chi connectivity index (χ0) is 19.5. The van der Waals surface area contributed by atoms with Gasteiger partial charge in [0.05, 0.1) is 13.1 Å². The summed E-state index contributed by atoms with van der Waals surface area (Å²) in [5.41, 5.74) is 0.713. The number of aromatic nitrogens is 2. The van der Waals surface area contributed by atoms with E-state index in [0.29, 0.717) is 36.2 Å². The number of rotatable bonds is 6. The fourth-order valence-corrected chi connectivity index (χ4v) is 3.24. The molecular weight excluding hydrogens is 362 g/mol. The lowest BCUT2D eigenvalue weighted by molar-refractivity contribution is -0.117. The lowest BCUT2D eigenvalue weighted by Crippen LogP contribution is -2.48. The van der Waals surface area contributed by atoms with E-state index in [4.69, 9.17) is 14.0 Å². The molecule has 0 radical (unpaired) electrons. The van der Waals surface area contributed by atoms with Gasteiger partial charge in [-0.15, -0.1) is 0 Å². The van der Waals surface area contributed by atoms with Gasteiger partial charge < -0.3 is 19.3 Å². The zero-order valence-corrected chi connectivity index (χ0v) is 16.2. The van der Waals surface area contributed by atoms with Crippen molar-refractivity contribution in [2.75, 3.05) is 44.8 Å². The molecular formula is C19H25N5O4. The predicted molar refractivity (Wildman–Crippen MR) is 101 cm³/mol. The van der Waals surface area contributed by atoms with E-state index in [2.05, 4.69) is 25.3 Å². The van der Waals surface area contributed by atoms with Crippen LogP contribution in [0.15, 0.2) is 22.7 Å². The highest BCUT2D eigenvalue weighted by atomic mass is 16.7. The van der Waals surface area contributed by atoms with Gasteiger partial charge in [0.1, 0.15) is 0 Å². The number of hydrogen-bond donors (Lipinski definition) is 1. The van der Waals surface area contributed by atoms with Crippen molar-refractivity contribution in [3.63, 3.8) is 0 Å². The predicted octanol–water partition coefficient (Wildman–Crippen LogP) is 1.68. The molecule has 0 bridgehead atoms. The molecule has 3 heterocycles. The fraction of sp³-hybridized carbons (Fsp3) is 0.526. The first-order valence-electron chi connectivity index (χ1n) is 9.53. The molecule has 0 spiro atoms. The SMILES string of the molecule is CC(C)c1noc(CN2CCN(CC(=O)Nc3ccc4c(c3)OCO4)CC2)n1. The number of hydrogen-bond acceptors (Lipinski definition) is 8. The number of anilines is 1. The van der Waals surface area contributed by atoms with Gasteiger partial charge in [0.2, 0.25) is 18.6 Å². The molecule has 2 aromatic rings. The number of nitrogens with zero attached hydrogens (tertiary/aromatic N) is 4. The average molecular weight is 387 g/mol. The summed E-state index contributed by atoms with van der Waals surface area (Å²) < 4.78 is 15.9. The van der Waals surface area contributed by atoms with Crippen molar-refractivity contribution in [1.29, 1.82) is 0 Å². The Labute approximate surface area is 163 Å². The Hall–Kier alpha value is -2.65. The highest BCUT2D eigenvalue weighted by molar-refractivity contribution is 5.92. The van der Waals surface area contributed by atoms with Crippen molar-refractivity contribution in [2.24, 2.45) is 0 Å². The van der Waals surface area contributed by atoms with Crippen LogP contribution in [0.4, 0.5) is 5.69 Å². The minimum Gasteiger partial charge on any atom is -0.454 e. The smallest absolute Gasteiger partial charge is 0.240 e. The summed E-state index contributed by atoms with van der Waals surface area (Å²) in [4.78, 5) is 21.2. The van der Waals surface area contributed by atoms with Gasteiger partial charge >= 0.3 is 0 Å². The van der Waals surface area contributed by atoms with Crippen LogP contribution in [0.1, 0.15) is 31.5 Å². The summed E-state index contributed by atoms with van der Waals surface area (Å²) in [6.45, 7) is 8.67. The molecule has 2 aliphatic heterocycles. The minimum absolute atomic E-state index is 0.0363. The number of piperazine rings is 1. The molecule has 28 heavy (non-hydrogen) atoms. The molecule has 1 amide bonds. The van der Waals surface area contributed by atoms with Gasteiger partial charge in [-0.05, 0) is 12.1 Å². The topological polar surface area (TPSA) is 93.0 Å². The average Bonchev–Trinajstić information content (AvgIpc) is 3.32. The van der Waals surface area contributed by atoms with Crippen molar-refractivity contribution in [1.82, 2.24) is 19.9 Å². The van der Waals surface area contributed by atoms with Gasteiger partial charge in [0.25, 0.3) is 0 Å². The summed E-state index contributed by atoms with van der Waals surface area (Å²) in [6.07, 6.45) is 0. The Morgan fingerprint density at radius 1 is 1.14 bits per heavy atom. The number of fused-ring (bicyclic) bond motifs is 1. The van der Waals surface area contributed by atoms with E-state index >= 15 is 0 Å².